The molecular formula is C15H16N4O3. The molecule has 0 saturated heterocycles. The second-order valence-corrected chi connectivity index (χ2v) is 5.17. The number of hydrogen-bond acceptors (Lipinski definition) is 5. The summed E-state index contributed by atoms with van der Waals surface area (Å²) < 4.78 is 0. The molecule has 1 aliphatic heterocycles. The molecule has 2 aromatic rings. The maximum absolute atomic E-state index is 12.2. The summed E-state index contributed by atoms with van der Waals surface area (Å²) in [5, 5.41) is 11.9. The van der Waals surface area contributed by atoms with Gasteiger partial charge in [-0.05, 0) is 31.0 Å². The van der Waals surface area contributed by atoms with Crippen LogP contribution in [0, 0.1) is 13.8 Å². The fourth-order valence-electron chi connectivity index (χ4n) is 2.53. The number of aromatic amines is 1. The molecule has 0 unspecified atom stereocenters. The first-order chi connectivity index (χ1) is 10.5. The molecule has 0 spiro atoms. The Morgan fingerprint density at radius 2 is 2.09 bits per heavy atom. The number of rotatable bonds is 4. The van der Waals surface area contributed by atoms with E-state index in [-0.39, 0.29) is 18.8 Å². The van der Waals surface area contributed by atoms with Crippen molar-refractivity contribution in [1.29, 1.82) is 0 Å². The Hall–Kier alpha value is -2.67. The van der Waals surface area contributed by atoms with Gasteiger partial charge < -0.3 is 15.4 Å². The Kier molecular flexibility index (Phi) is 3.42. The smallest absolute Gasteiger partial charge is 0.277 e. The van der Waals surface area contributed by atoms with E-state index in [0.29, 0.717) is 0 Å². The number of aliphatic hydroxyl groups is 1. The molecule has 1 aromatic heterocycles. The Morgan fingerprint density at radius 1 is 1.32 bits per heavy atom. The van der Waals surface area contributed by atoms with Crippen LogP contribution < -0.4 is 5.32 Å². The standard InChI is InChI=1S/C15H16N4O3/c1-8-9(2)14-11(16-7-17-14)5-10(8)18-12-6-13(21)19(3-4-20)15(12)22/h5-7,18,20H,3-4H2,1-2H3,(H,16,17). The average molecular weight is 300 g/mol. The summed E-state index contributed by atoms with van der Waals surface area (Å²) in [5.74, 6) is -0.848. The van der Waals surface area contributed by atoms with E-state index in [9.17, 15) is 9.59 Å². The molecule has 0 radical (unpaired) electrons. The van der Waals surface area contributed by atoms with Gasteiger partial charge in [-0.1, -0.05) is 0 Å². The minimum atomic E-state index is -0.430. The van der Waals surface area contributed by atoms with E-state index in [1.807, 2.05) is 19.9 Å². The van der Waals surface area contributed by atoms with Crippen LogP contribution in [0.25, 0.3) is 11.0 Å². The highest BCUT2D eigenvalue weighted by Gasteiger charge is 2.30. The van der Waals surface area contributed by atoms with E-state index in [1.165, 1.54) is 6.08 Å². The number of H-pyrrole nitrogens is 1. The summed E-state index contributed by atoms with van der Waals surface area (Å²) in [6, 6.07) is 1.86. The minimum Gasteiger partial charge on any atom is -0.395 e. The van der Waals surface area contributed by atoms with Crippen LogP contribution in [0.2, 0.25) is 0 Å². The van der Waals surface area contributed by atoms with Gasteiger partial charge in [0, 0.05) is 11.8 Å². The van der Waals surface area contributed by atoms with E-state index < -0.39 is 11.8 Å². The van der Waals surface area contributed by atoms with E-state index in [1.54, 1.807) is 6.33 Å². The normalized spacial score (nSPS) is 14.9. The molecule has 114 valence electrons. The molecule has 22 heavy (non-hydrogen) atoms. The number of carbonyl (C=O) groups excluding carboxylic acids is 2. The largest absolute Gasteiger partial charge is 0.395 e. The molecule has 3 rings (SSSR count). The molecule has 0 atom stereocenters. The zero-order valence-electron chi connectivity index (χ0n) is 12.3. The Morgan fingerprint density at radius 3 is 2.82 bits per heavy atom. The van der Waals surface area contributed by atoms with Gasteiger partial charge in [-0.25, -0.2) is 4.98 Å². The SMILES string of the molecule is Cc1c(NC2=CC(=O)N(CCO)C2=O)cc2[nH]cnc2c1C. The number of aryl methyl sites for hydroxylation is 1. The summed E-state index contributed by atoms with van der Waals surface area (Å²) in [6.07, 6.45) is 2.87. The van der Waals surface area contributed by atoms with Crippen LogP contribution >= 0.6 is 0 Å². The average Bonchev–Trinajstić information content (AvgIpc) is 3.05. The molecule has 7 nitrogen and oxygen atoms in total. The monoisotopic (exact) mass is 300 g/mol. The summed E-state index contributed by atoms with van der Waals surface area (Å²) in [5.41, 5.74) is 4.66. The zero-order valence-corrected chi connectivity index (χ0v) is 12.3. The van der Waals surface area contributed by atoms with Gasteiger partial charge in [0.15, 0.2) is 0 Å². The number of nitrogens with one attached hydrogen (secondary N) is 2. The predicted octanol–water partition coefficient (Wildman–Crippen LogP) is 0.837. The molecule has 0 fully saturated rings. The second-order valence-electron chi connectivity index (χ2n) is 5.17. The zero-order chi connectivity index (χ0) is 15.9. The number of nitrogens with zero attached hydrogens (tertiary/aromatic N) is 2. The van der Waals surface area contributed by atoms with Gasteiger partial charge in [-0.2, -0.15) is 0 Å². The molecule has 1 aromatic carbocycles. The summed E-state index contributed by atoms with van der Waals surface area (Å²) in [7, 11) is 0. The van der Waals surface area contributed by atoms with Crippen LogP contribution in [-0.4, -0.2) is 44.9 Å². The lowest BCUT2D eigenvalue weighted by Crippen LogP contribution is -2.34. The third kappa shape index (κ3) is 2.15. The highest BCUT2D eigenvalue weighted by Crippen LogP contribution is 2.28. The molecule has 7 heteroatoms. The van der Waals surface area contributed by atoms with Crippen LogP contribution in [0.4, 0.5) is 5.69 Å². The third-order valence-electron chi connectivity index (χ3n) is 3.88. The lowest BCUT2D eigenvalue weighted by Gasteiger charge is -2.15. The number of carbonyl (C=O) groups is 2. The predicted molar refractivity (Wildman–Crippen MR) is 81.1 cm³/mol. The number of hydrogen-bond donors (Lipinski definition) is 3. The molecule has 0 saturated carbocycles. The first kappa shape index (κ1) is 14.3. The van der Waals surface area contributed by atoms with Crippen LogP contribution in [-0.2, 0) is 9.59 Å². The number of benzene rings is 1. The highest BCUT2D eigenvalue weighted by atomic mass is 16.3. The van der Waals surface area contributed by atoms with Gasteiger partial charge in [0.25, 0.3) is 11.8 Å². The number of imidazole rings is 1. The number of aromatic nitrogens is 2. The van der Waals surface area contributed by atoms with Crippen molar-refractivity contribution in [1.82, 2.24) is 14.9 Å². The molecule has 0 bridgehead atoms. The van der Waals surface area contributed by atoms with Crippen molar-refractivity contribution in [3.8, 4) is 0 Å². The third-order valence-corrected chi connectivity index (χ3v) is 3.88. The van der Waals surface area contributed by atoms with E-state index in [4.69, 9.17) is 5.11 Å². The number of fused-ring (bicyclic) bond motifs is 1. The first-order valence-electron chi connectivity index (χ1n) is 6.91. The van der Waals surface area contributed by atoms with Gasteiger partial charge in [0.2, 0.25) is 0 Å². The van der Waals surface area contributed by atoms with E-state index in [0.717, 1.165) is 32.7 Å². The Bertz CT molecular complexity index is 806. The fourth-order valence-corrected chi connectivity index (χ4v) is 2.53. The number of imide groups is 1. The molecular weight excluding hydrogens is 284 g/mol. The van der Waals surface area contributed by atoms with Crippen molar-refractivity contribution in [2.75, 3.05) is 18.5 Å². The fraction of sp³-hybridized carbons (Fsp3) is 0.267. The van der Waals surface area contributed by atoms with Crippen molar-refractivity contribution in [3.63, 3.8) is 0 Å². The minimum absolute atomic E-state index is 0.00304. The maximum Gasteiger partial charge on any atom is 0.277 e. The van der Waals surface area contributed by atoms with Gasteiger partial charge in [-0.15, -0.1) is 0 Å². The quantitative estimate of drug-likeness (QED) is 0.727. The van der Waals surface area contributed by atoms with E-state index in [2.05, 4.69) is 15.3 Å². The Balaban J connectivity index is 1.94. The summed E-state index contributed by atoms with van der Waals surface area (Å²) in [4.78, 5) is 32.2. The van der Waals surface area contributed by atoms with Crippen LogP contribution in [0.3, 0.4) is 0 Å². The first-order valence-corrected chi connectivity index (χ1v) is 6.91. The molecule has 0 aliphatic carbocycles. The van der Waals surface area contributed by atoms with Gasteiger partial charge in [0.05, 0.1) is 30.5 Å². The van der Waals surface area contributed by atoms with Crippen molar-refractivity contribution in [2.45, 2.75) is 13.8 Å². The van der Waals surface area contributed by atoms with Crippen molar-refractivity contribution in [3.05, 3.63) is 35.3 Å². The summed E-state index contributed by atoms with van der Waals surface area (Å²) in [6.45, 7) is 3.63. The van der Waals surface area contributed by atoms with Gasteiger partial charge >= 0.3 is 0 Å². The number of amides is 2. The van der Waals surface area contributed by atoms with Crippen LogP contribution in [0.1, 0.15) is 11.1 Å². The number of aliphatic hydroxyl groups excluding tert-OH is 1. The lowest BCUT2D eigenvalue weighted by molar-refractivity contribution is -0.137. The van der Waals surface area contributed by atoms with E-state index >= 15 is 0 Å². The van der Waals surface area contributed by atoms with Crippen LogP contribution in [0.15, 0.2) is 24.2 Å². The maximum atomic E-state index is 12.2. The molecule has 3 N–H and O–H groups in total. The topological polar surface area (TPSA) is 98.3 Å². The summed E-state index contributed by atoms with van der Waals surface area (Å²) >= 11 is 0. The van der Waals surface area contributed by atoms with Crippen LogP contribution in [0.5, 0.6) is 0 Å². The van der Waals surface area contributed by atoms with Gasteiger partial charge in [0.1, 0.15) is 5.70 Å². The number of anilines is 1. The molecule has 2 amide bonds. The molecule has 2 heterocycles. The van der Waals surface area contributed by atoms with Gasteiger partial charge in [-0.3, -0.25) is 14.5 Å². The van der Waals surface area contributed by atoms with Crippen molar-refractivity contribution < 1.29 is 14.7 Å². The Labute approximate surface area is 126 Å². The van der Waals surface area contributed by atoms with Crippen molar-refractivity contribution >= 4 is 28.5 Å². The molecule has 1 aliphatic rings. The number of β-amino-alcohol motifs (C(OH)–C–C–N with tert-alkyl or cyclic N) is 1. The highest BCUT2D eigenvalue weighted by molar-refractivity contribution is 6.17. The second kappa shape index (κ2) is 5.27. The van der Waals surface area contributed by atoms with Crippen molar-refractivity contribution in [2.24, 2.45) is 0 Å². The lowest BCUT2D eigenvalue weighted by atomic mass is 10.1.